The Morgan fingerprint density at radius 2 is 1.64 bits per heavy atom. The van der Waals surface area contributed by atoms with Crippen LogP contribution in [0.2, 0.25) is 0 Å². The lowest BCUT2D eigenvalue weighted by molar-refractivity contribution is 0.0886. The molecule has 0 bridgehead atoms. The van der Waals surface area contributed by atoms with Gasteiger partial charge < -0.3 is 0 Å². The minimum absolute atomic E-state index is 0.0487. The molecule has 1 aromatic carbocycles. The molecule has 2 aromatic rings. The first-order valence-corrected chi connectivity index (χ1v) is 9.81. The third-order valence-corrected chi connectivity index (χ3v) is 4.47. The van der Waals surface area contributed by atoms with E-state index in [9.17, 15) is 4.79 Å². The maximum Gasteiger partial charge on any atom is 0.248 e. The lowest BCUT2D eigenvalue weighted by Gasteiger charge is -2.02. The molecule has 0 aliphatic carbocycles. The fourth-order valence-electron chi connectivity index (χ4n) is 2.98. The van der Waals surface area contributed by atoms with Gasteiger partial charge in [-0.05, 0) is 37.8 Å². The van der Waals surface area contributed by atoms with Gasteiger partial charge in [0.1, 0.15) is 5.52 Å². The molecule has 1 heterocycles. The molecule has 0 radical (unpaired) electrons. The van der Waals surface area contributed by atoms with Crippen LogP contribution in [0.15, 0.2) is 36.4 Å². The molecule has 0 fully saturated rings. The molecular weight excluding hydrogens is 310 g/mol. The molecule has 0 saturated carbocycles. The third-order valence-electron chi connectivity index (χ3n) is 4.47. The maximum atomic E-state index is 12.3. The zero-order valence-electron chi connectivity index (χ0n) is 15.5. The molecule has 0 saturated heterocycles. The second-order valence-electron chi connectivity index (χ2n) is 6.66. The van der Waals surface area contributed by atoms with Crippen molar-refractivity contribution in [2.24, 2.45) is 0 Å². The van der Waals surface area contributed by atoms with Crippen LogP contribution in [0.1, 0.15) is 82.3 Å². The Hall–Kier alpha value is -1.97. The quantitative estimate of drug-likeness (QED) is 0.354. The Bertz CT molecular complexity index is 660. The summed E-state index contributed by atoms with van der Waals surface area (Å²) in [4.78, 5) is 12.3. The molecule has 0 unspecified atom stereocenters. The standard InChI is InChI=1S/C21H31N3O/c1-2-3-4-5-6-7-8-9-10-11-12-13-18-21(25)24-20-17-15-14-16-19(20)22-23-24/h4-5,14-17H,2-3,6-13,18H2,1H3/b5-4+. The minimum Gasteiger partial charge on any atom is -0.273 e. The van der Waals surface area contributed by atoms with Gasteiger partial charge in [0.25, 0.3) is 0 Å². The average molecular weight is 341 g/mol. The number of fused-ring (bicyclic) bond motifs is 1. The van der Waals surface area contributed by atoms with Crippen molar-refractivity contribution in [3.8, 4) is 0 Å². The number of benzene rings is 1. The summed E-state index contributed by atoms with van der Waals surface area (Å²) in [7, 11) is 0. The first-order chi connectivity index (χ1) is 12.3. The van der Waals surface area contributed by atoms with Crippen molar-refractivity contribution in [2.75, 3.05) is 0 Å². The van der Waals surface area contributed by atoms with Crippen molar-refractivity contribution in [2.45, 2.75) is 77.6 Å². The van der Waals surface area contributed by atoms with Crippen molar-refractivity contribution < 1.29 is 4.79 Å². The van der Waals surface area contributed by atoms with E-state index in [-0.39, 0.29) is 5.91 Å². The van der Waals surface area contributed by atoms with Crippen LogP contribution < -0.4 is 0 Å². The Kier molecular flexibility index (Phi) is 8.95. The number of hydrogen-bond acceptors (Lipinski definition) is 3. The highest BCUT2D eigenvalue weighted by Crippen LogP contribution is 2.13. The number of carbonyl (C=O) groups is 1. The van der Waals surface area contributed by atoms with E-state index < -0.39 is 0 Å². The van der Waals surface area contributed by atoms with E-state index in [4.69, 9.17) is 0 Å². The fraction of sp³-hybridized carbons (Fsp3) is 0.571. The van der Waals surface area contributed by atoms with Gasteiger partial charge >= 0.3 is 0 Å². The number of para-hydroxylation sites is 1. The highest BCUT2D eigenvalue weighted by Gasteiger charge is 2.10. The zero-order valence-corrected chi connectivity index (χ0v) is 15.5. The number of aromatic nitrogens is 3. The van der Waals surface area contributed by atoms with Gasteiger partial charge in [-0.25, -0.2) is 0 Å². The van der Waals surface area contributed by atoms with Crippen LogP contribution in [0.3, 0.4) is 0 Å². The molecule has 0 aliphatic rings. The van der Waals surface area contributed by atoms with Crippen LogP contribution in [0.4, 0.5) is 0 Å². The molecule has 136 valence electrons. The lowest BCUT2D eigenvalue weighted by atomic mass is 10.1. The van der Waals surface area contributed by atoms with Gasteiger partial charge in [0.05, 0.1) is 5.52 Å². The smallest absolute Gasteiger partial charge is 0.248 e. The number of allylic oxidation sites excluding steroid dienone is 2. The van der Waals surface area contributed by atoms with Crippen molar-refractivity contribution in [3.05, 3.63) is 36.4 Å². The van der Waals surface area contributed by atoms with Gasteiger partial charge in [0.2, 0.25) is 5.91 Å². The van der Waals surface area contributed by atoms with Gasteiger partial charge in [0, 0.05) is 6.42 Å². The Labute approximate surface area is 151 Å². The first-order valence-electron chi connectivity index (χ1n) is 9.81. The summed E-state index contributed by atoms with van der Waals surface area (Å²) in [6.07, 6.45) is 17.3. The molecule has 1 aromatic heterocycles. The number of rotatable bonds is 12. The largest absolute Gasteiger partial charge is 0.273 e. The van der Waals surface area contributed by atoms with Crippen molar-refractivity contribution in [1.82, 2.24) is 15.0 Å². The number of unbranched alkanes of at least 4 members (excludes halogenated alkanes) is 8. The van der Waals surface area contributed by atoms with E-state index in [2.05, 4.69) is 29.4 Å². The summed E-state index contributed by atoms with van der Waals surface area (Å²) in [5, 5.41) is 8.02. The lowest BCUT2D eigenvalue weighted by Crippen LogP contribution is -2.12. The normalized spacial score (nSPS) is 11.6. The summed E-state index contributed by atoms with van der Waals surface area (Å²) >= 11 is 0. The summed E-state index contributed by atoms with van der Waals surface area (Å²) in [6, 6.07) is 7.60. The molecule has 0 aliphatic heterocycles. The van der Waals surface area contributed by atoms with E-state index in [0.29, 0.717) is 6.42 Å². The summed E-state index contributed by atoms with van der Waals surface area (Å²) in [5.74, 6) is 0.0487. The van der Waals surface area contributed by atoms with Crippen LogP contribution in [0.25, 0.3) is 11.0 Å². The van der Waals surface area contributed by atoms with Crippen molar-refractivity contribution in [3.63, 3.8) is 0 Å². The van der Waals surface area contributed by atoms with E-state index in [0.717, 1.165) is 23.9 Å². The summed E-state index contributed by atoms with van der Waals surface area (Å²) < 4.78 is 1.45. The maximum absolute atomic E-state index is 12.3. The second-order valence-corrected chi connectivity index (χ2v) is 6.66. The van der Waals surface area contributed by atoms with Gasteiger partial charge in [-0.2, -0.15) is 4.68 Å². The van der Waals surface area contributed by atoms with E-state index in [1.165, 1.54) is 56.0 Å². The molecule has 4 heteroatoms. The van der Waals surface area contributed by atoms with Gasteiger partial charge in [0.15, 0.2) is 0 Å². The molecule has 0 amide bonds. The van der Waals surface area contributed by atoms with Crippen LogP contribution in [0, 0.1) is 0 Å². The van der Waals surface area contributed by atoms with Crippen LogP contribution in [-0.4, -0.2) is 20.9 Å². The molecule has 0 N–H and O–H groups in total. The number of nitrogens with zero attached hydrogens (tertiary/aromatic N) is 3. The SMILES string of the molecule is CCC/C=C/CCCCCCCCCC(=O)n1nnc2ccccc21. The minimum atomic E-state index is 0.0487. The molecule has 4 nitrogen and oxygen atoms in total. The van der Waals surface area contributed by atoms with E-state index >= 15 is 0 Å². The predicted molar refractivity (Wildman–Crippen MR) is 104 cm³/mol. The number of carbonyl (C=O) groups excluding carboxylic acids is 1. The topological polar surface area (TPSA) is 47.8 Å². The van der Waals surface area contributed by atoms with Crippen LogP contribution in [0.5, 0.6) is 0 Å². The Morgan fingerprint density at radius 1 is 0.960 bits per heavy atom. The molecular formula is C21H31N3O. The Balaban J connectivity index is 1.51. The highest BCUT2D eigenvalue weighted by atomic mass is 16.2. The van der Waals surface area contributed by atoms with Crippen LogP contribution >= 0.6 is 0 Å². The summed E-state index contributed by atoms with van der Waals surface area (Å²) in [6.45, 7) is 2.21. The summed E-state index contributed by atoms with van der Waals surface area (Å²) in [5.41, 5.74) is 1.58. The first kappa shape index (κ1) is 19.4. The average Bonchev–Trinajstić information content (AvgIpc) is 3.06. The molecule has 0 atom stereocenters. The van der Waals surface area contributed by atoms with Gasteiger partial charge in [-0.15, -0.1) is 5.10 Å². The van der Waals surface area contributed by atoms with Crippen molar-refractivity contribution >= 4 is 16.9 Å². The zero-order chi connectivity index (χ0) is 17.7. The molecule has 0 spiro atoms. The Morgan fingerprint density at radius 3 is 2.44 bits per heavy atom. The monoisotopic (exact) mass is 341 g/mol. The highest BCUT2D eigenvalue weighted by molar-refractivity contribution is 5.88. The predicted octanol–water partition coefficient (Wildman–Crippen LogP) is 5.94. The van der Waals surface area contributed by atoms with E-state index in [1.807, 2.05) is 24.3 Å². The van der Waals surface area contributed by atoms with Crippen molar-refractivity contribution in [1.29, 1.82) is 0 Å². The second kappa shape index (κ2) is 11.6. The third kappa shape index (κ3) is 6.81. The molecule has 25 heavy (non-hydrogen) atoms. The van der Waals surface area contributed by atoms with Gasteiger partial charge in [-0.3, -0.25) is 4.79 Å². The fourth-order valence-corrected chi connectivity index (χ4v) is 2.98. The number of hydrogen-bond donors (Lipinski definition) is 0. The van der Waals surface area contributed by atoms with E-state index in [1.54, 1.807) is 0 Å². The molecule has 2 rings (SSSR count). The van der Waals surface area contributed by atoms with Gasteiger partial charge in [-0.1, -0.05) is 74.9 Å². The van der Waals surface area contributed by atoms with Crippen LogP contribution in [-0.2, 0) is 0 Å².